The normalized spacial score (nSPS) is 16.9. The molecule has 1 unspecified atom stereocenters. The van der Waals surface area contributed by atoms with Gasteiger partial charge >= 0.3 is 6.18 Å². The molecule has 8 heteroatoms. The molecule has 3 nitrogen and oxygen atoms in total. The fourth-order valence-electron chi connectivity index (χ4n) is 0.466. The molecule has 0 radical (unpaired) electrons. The molecule has 1 atom stereocenters. The molecule has 1 N–H and O–H groups in total. The van der Waals surface area contributed by atoms with Gasteiger partial charge in [-0.25, -0.2) is 8.99 Å². The fraction of sp³-hybridized carbons (Fsp3) is 1.00. The third-order valence-corrected chi connectivity index (χ3v) is 2.55. The molecule has 0 bridgehead atoms. The van der Waals surface area contributed by atoms with Crippen molar-refractivity contribution < 1.29 is 21.6 Å². The van der Waals surface area contributed by atoms with Gasteiger partial charge in [-0.2, -0.15) is 13.2 Å². The first-order valence-electron chi connectivity index (χ1n) is 3.30. The standard InChI is InChI=1S/C5H9ClF3NO2S/c6-2-1-3-13(10,11)12-4-5(7,8)9/h10H,1-4H2. The predicted octanol–water partition coefficient (Wildman–Crippen LogP) is 2.16. The van der Waals surface area contributed by atoms with E-state index in [4.69, 9.17) is 16.4 Å². The maximum Gasteiger partial charge on any atom is 0.413 e. The summed E-state index contributed by atoms with van der Waals surface area (Å²) in [5, 5.41) is 0. The lowest BCUT2D eigenvalue weighted by Gasteiger charge is -2.09. The highest BCUT2D eigenvalue weighted by atomic mass is 35.5. The molecule has 0 fully saturated rings. The average molecular weight is 240 g/mol. The van der Waals surface area contributed by atoms with Gasteiger partial charge in [-0.3, -0.25) is 4.18 Å². The van der Waals surface area contributed by atoms with E-state index in [0.717, 1.165) is 0 Å². The second kappa shape index (κ2) is 5.02. The van der Waals surface area contributed by atoms with Crippen molar-refractivity contribution in [1.29, 1.82) is 4.78 Å². The molecule has 0 aliphatic heterocycles. The maximum atomic E-state index is 11.5. The van der Waals surface area contributed by atoms with E-state index in [2.05, 4.69) is 4.18 Å². The summed E-state index contributed by atoms with van der Waals surface area (Å²) in [4.78, 5) is 0. The zero-order valence-corrected chi connectivity index (χ0v) is 8.14. The van der Waals surface area contributed by atoms with E-state index in [1.807, 2.05) is 0 Å². The molecule has 0 saturated heterocycles. The quantitative estimate of drug-likeness (QED) is 0.748. The molecule has 0 aromatic heterocycles. The smallest absolute Gasteiger partial charge is 0.275 e. The SMILES string of the molecule is N=S(=O)(CCCCl)OCC(F)(F)F. The summed E-state index contributed by atoms with van der Waals surface area (Å²) in [5.41, 5.74) is 0. The second-order valence-electron chi connectivity index (χ2n) is 2.24. The van der Waals surface area contributed by atoms with Gasteiger partial charge in [0.1, 0.15) is 0 Å². The number of nitrogens with one attached hydrogen (secondary N) is 1. The molecule has 0 saturated carbocycles. The highest BCUT2D eigenvalue weighted by Crippen LogP contribution is 2.16. The molecule has 0 heterocycles. The molecular formula is C5H9ClF3NO2S. The number of rotatable bonds is 5. The van der Waals surface area contributed by atoms with Crippen LogP contribution in [0.1, 0.15) is 6.42 Å². The van der Waals surface area contributed by atoms with E-state index in [9.17, 15) is 17.4 Å². The van der Waals surface area contributed by atoms with Crippen LogP contribution in [-0.4, -0.2) is 28.6 Å². The summed E-state index contributed by atoms with van der Waals surface area (Å²) in [6.07, 6.45) is -4.35. The Hall–Kier alpha value is -0.0100. The molecule has 0 spiro atoms. The minimum atomic E-state index is -4.55. The lowest BCUT2D eigenvalue weighted by Crippen LogP contribution is -2.21. The Morgan fingerprint density at radius 1 is 1.46 bits per heavy atom. The fourth-order valence-corrected chi connectivity index (χ4v) is 1.72. The first-order valence-corrected chi connectivity index (χ1v) is 5.49. The van der Waals surface area contributed by atoms with E-state index < -0.39 is 22.8 Å². The second-order valence-corrected chi connectivity index (χ2v) is 4.49. The van der Waals surface area contributed by atoms with Gasteiger partial charge in [-0.15, -0.1) is 11.6 Å². The summed E-state index contributed by atoms with van der Waals surface area (Å²) in [5.74, 6) is -0.127. The van der Waals surface area contributed by atoms with Crippen molar-refractivity contribution in [3.63, 3.8) is 0 Å². The van der Waals surface area contributed by atoms with Crippen LogP contribution in [-0.2, 0) is 14.2 Å². The summed E-state index contributed by atoms with van der Waals surface area (Å²) < 4.78 is 56.3. The van der Waals surface area contributed by atoms with Gasteiger partial charge in [0.25, 0.3) is 0 Å². The highest BCUT2D eigenvalue weighted by Gasteiger charge is 2.29. The van der Waals surface area contributed by atoms with Gasteiger partial charge in [-0.1, -0.05) is 0 Å². The third-order valence-electron chi connectivity index (χ3n) is 0.960. The lowest BCUT2D eigenvalue weighted by atomic mass is 10.6. The van der Waals surface area contributed by atoms with Crippen LogP contribution in [0, 0.1) is 4.78 Å². The first kappa shape index (κ1) is 13.0. The number of hydrogen-bond acceptors (Lipinski definition) is 3. The predicted molar refractivity (Wildman–Crippen MR) is 43.1 cm³/mol. The van der Waals surface area contributed by atoms with Crippen molar-refractivity contribution in [2.24, 2.45) is 0 Å². The van der Waals surface area contributed by atoms with Crippen LogP contribution in [0.25, 0.3) is 0 Å². The Labute approximate surface area is 79.4 Å². The number of alkyl halides is 4. The topological polar surface area (TPSA) is 50.2 Å². The number of hydrogen-bond donors (Lipinski definition) is 1. The first-order chi connectivity index (χ1) is 5.77. The van der Waals surface area contributed by atoms with Gasteiger partial charge in [0, 0.05) is 5.88 Å². The maximum absolute atomic E-state index is 11.5. The zero-order valence-electron chi connectivity index (χ0n) is 6.57. The molecule has 0 amide bonds. The van der Waals surface area contributed by atoms with Gasteiger partial charge in [0.05, 0.1) is 5.75 Å². The molecule has 0 aromatic carbocycles. The average Bonchev–Trinajstić information content (AvgIpc) is 1.97. The molecule has 0 aromatic rings. The van der Waals surface area contributed by atoms with Crippen LogP contribution in [0.15, 0.2) is 0 Å². The minimum Gasteiger partial charge on any atom is -0.275 e. The van der Waals surface area contributed by atoms with Crippen LogP contribution >= 0.6 is 11.6 Å². The number of halogens is 4. The van der Waals surface area contributed by atoms with E-state index in [-0.39, 0.29) is 18.1 Å². The zero-order chi connectivity index (χ0) is 10.5. The Balaban J connectivity index is 3.91. The van der Waals surface area contributed by atoms with Crippen molar-refractivity contribution in [2.75, 3.05) is 18.2 Å². The van der Waals surface area contributed by atoms with E-state index in [1.54, 1.807) is 0 Å². The Morgan fingerprint density at radius 2 is 2.00 bits per heavy atom. The van der Waals surface area contributed by atoms with Crippen molar-refractivity contribution >= 4 is 21.6 Å². The monoisotopic (exact) mass is 239 g/mol. The van der Waals surface area contributed by atoms with Crippen LogP contribution in [0.2, 0.25) is 0 Å². The minimum absolute atomic E-state index is 0.144. The van der Waals surface area contributed by atoms with E-state index >= 15 is 0 Å². The summed E-state index contributed by atoms with van der Waals surface area (Å²) in [7, 11) is -3.58. The van der Waals surface area contributed by atoms with Gasteiger partial charge in [0.15, 0.2) is 16.6 Å². The molecule has 13 heavy (non-hydrogen) atoms. The van der Waals surface area contributed by atoms with Crippen molar-refractivity contribution in [3.8, 4) is 0 Å². The van der Waals surface area contributed by atoms with Gasteiger partial charge < -0.3 is 0 Å². The molecule has 0 rings (SSSR count). The van der Waals surface area contributed by atoms with E-state index in [0.29, 0.717) is 0 Å². The van der Waals surface area contributed by atoms with Crippen LogP contribution < -0.4 is 0 Å². The van der Waals surface area contributed by atoms with Crippen LogP contribution in [0.3, 0.4) is 0 Å². The van der Waals surface area contributed by atoms with Crippen molar-refractivity contribution in [3.05, 3.63) is 0 Å². The molecule has 0 aliphatic rings. The Morgan fingerprint density at radius 3 is 2.38 bits per heavy atom. The van der Waals surface area contributed by atoms with Crippen molar-refractivity contribution in [1.82, 2.24) is 0 Å². The van der Waals surface area contributed by atoms with Crippen LogP contribution in [0.5, 0.6) is 0 Å². The van der Waals surface area contributed by atoms with Crippen molar-refractivity contribution in [2.45, 2.75) is 12.6 Å². The van der Waals surface area contributed by atoms with Crippen LogP contribution in [0.4, 0.5) is 13.2 Å². The van der Waals surface area contributed by atoms with Gasteiger partial charge in [-0.05, 0) is 6.42 Å². The third kappa shape index (κ3) is 8.32. The largest absolute Gasteiger partial charge is 0.413 e. The summed E-state index contributed by atoms with van der Waals surface area (Å²) in [6, 6.07) is 0. The molecule has 0 aliphatic carbocycles. The van der Waals surface area contributed by atoms with E-state index in [1.165, 1.54) is 0 Å². The Bertz CT molecular complexity index is 239. The highest BCUT2D eigenvalue weighted by molar-refractivity contribution is 7.87. The summed E-state index contributed by atoms with van der Waals surface area (Å²) in [6.45, 7) is -1.66. The van der Waals surface area contributed by atoms with Gasteiger partial charge in [0.2, 0.25) is 0 Å². The molecular weight excluding hydrogens is 231 g/mol. The Kier molecular flexibility index (Phi) is 5.01. The summed E-state index contributed by atoms with van der Waals surface area (Å²) >= 11 is 5.21. The molecule has 80 valence electrons. The lowest BCUT2D eigenvalue weighted by molar-refractivity contribution is -0.152.